The summed E-state index contributed by atoms with van der Waals surface area (Å²) in [6.07, 6.45) is 8.68. The molecule has 2 aromatic heterocycles. The van der Waals surface area contributed by atoms with Crippen molar-refractivity contribution in [2.75, 3.05) is 17.6 Å². The molecule has 0 fully saturated rings. The van der Waals surface area contributed by atoms with Gasteiger partial charge in [-0.25, -0.2) is 17.7 Å². The third-order valence-corrected chi connectivity index (χ3v) is 6.84. The zero-order valence-corrected chi connectivity index (χ0v) is 18.9. The second kappa shape index (κ2) is 11.2. The number of pyridine rings is 1. The lowest BCUT2D eigenvalue weighted by Gasteiger charge is -2.27. The van der Waals surface area contributed by atoms with E-state index >= 15 is 0 Å². The number of aliphatic hydroxyl groups is 2. The normalized spacial score (nSPS) is 14.3. The Balaban J connectivity index is 2.17. The van der Waals surface area contributed by atoms with Gasteiger partial charge in [-0.1, -0.05) is 0 Å². The third kappa shape index (κ3) is 7.29. The molecule has 2 rings (SSSR count). The molecule has 1 amide bonds. The number of hydrogen-bond donors (Lipinski definition) is 3. The van der Waals surface area contributed by atoms with Gasteiger partial charge < -0.3 is 15.5 Å². The number of terminal acetylenes is 1. The Morgan fingerprint density at radius 2 is 2.03 bits per heavy atom. The molecule has 168 valence electrons. The maximum absolute atomic E-state index is 12.8. The lowest BCUT2D eigenvalue weighted by Crippen LogP contribution is -2.50. The molecule has 0 aliphatic carbocycles. The highest BCUT2D eigenvalue weighted by atomic mass is 32.2. The van der Waals surface area contributed by atoms with Crippen LogP contribution in [-0.4, -0.2) is 66.1 Å². The summed E-state index contributed by atoms with van der Waals surface area (Å²) in [7, 11) is -2.17. The van der Waals surface area contributed by atoms with E-state index in [-0.39, 0.29) is 23.7 Å². The number of thiazole rings is 1. The number of hydrogen-bond acceptors (Lipinski definition) is 8. The molecule has 3 N–H and O–H groups in total. The summed E-state index contributed by atoms with van der Waals surface area (Å²) < 4.78 is 24.3. The van der Waals surface area contributed by atoms with E-state index in [1.807, 2.05) is 0 Å². The molecule has 0 aliphatic heterocycles. The minimum atomic E-state index is -3.51. The first kappa shape index (κ1) is 24.7. The van der Waals surface area contributed by atoms with Crippen LogP contribution in [-0.2, 0) is 16.4 Å². The molecule has 0 radical (unpaired) electrons. The van der Waals surface area contributed by atoms with Gasteiger partial charge in [0, 0.05) is 31.2 Å². The summed E-state index contributed by atoms with van der Waals surface area (Å²) in [4.78, 5) is 20.8. The number of carbonyl (C=O) groups excluding carboxylic acids is 1. The quantitative estimate of drug-likeness (QED) is 0.330. The Hall–Kier alpha value is -2.52. The minimum absolute atomic E-state index is 0.0178. The van der Waals surface area contributed by atoms with Crippen molar-refractivity contribution in [1.82, 2.24) is 15.3 Å². The molecule has 2 aromatic rings. The number of unbranched alkanes of at least 4 members (excludes halogenated alkanes) is 1. The Morgan fingerprint density at radius 3 is 2.65 bits per heavy atom. The van der Waals surface area contributed by atoms with Crippen molar-refractivity contribution in [2.45, 2.75) is 43.9 Å². The van der Waals surface area contributed by atoms with E-state index in [0.29, 0.717) is 12.8 Å². The maximum Gasteiger partial charge on any atom is 0.271 e. The number of aromatic nitrogens is 2. The Labute approximate surface area is 186 Å². The number of anilines is 1. The van der Waals surface area contributed by atoms with Crippen LogP contribution >= 0.6 is 11.3 Å². The average molecular weight is 467 g/mol. The predicted molar refractivity (Wildman–Crippen MR) is 119 cm³/mol. The van der Waals surface area contributed by atoms with Gasteiger partial charge in [-0.3, -0.25) is 9.78 Å². The standard InChI is InChI=1S/C20H26N4O5S2/c1-4-5-6-7-17(25)18(26)15(12-14-8-10-21-11-9-14)22-19(27)16-13-30-20(23-16)24(2)31(3,28)29/h1,8-11,13,15,17-18,25-26H,5-7,12H2,2-3H3,(H,22,27). The predicted octanol–water partition coefficient (Wildman–Crippen LogP) is 0.800. The van der Waals surface area contributed by atoms with Gasteiger partial charge in [-0.15, -0.1) is 23.7 Å². The van der Waals surface area contributed by atoms with Gasteiger partial charge >= 0.3 is 0 Å². The highest BCUT2D eigenvalue weighted by Gasteiger charge is 2.29. The fraction of sp³-hybridized carbons (Fsp3) is 0.450. The van der Waals surface area contributed by atoms with Crippen molar-refractivity contribution in [3.8, 4) is 12.3 Å². The van der Waals surface area contributed by atoms with Gasteiger partial charge in [0.15, 0.2) is 5.13 Å². The van der Waals surface area contributed by atoms with Crippen LogP contribution in [0.2, 0.25) is 0 Å². The molecule has 9 nitrogen and oxygen atoms in total. The molecule has 0 bridgehead atoms. The van der Waals surface area contributed by atoms with Gasteiger partial charge in [0.1, 0.15) is 11.8 Å². The van der Waals surface area contributed by atoms with Gasteiger partial charge in [0.2, 0.25) is 10.0 Å². The monoisotopic (exact) mass is 466 g/mol. The number of nitrogens with one attached hydrogen (secondary N) is 1. The lowest BCUT2D eigenvalue weighted by atomic mass is 9.95. The van der Waals surface area contributed by atoms with E-state index in [0.717, 1.165) is 27.5 Å². The molecule has 0 saturated heterocycles. The molecule has 0 aliphatic rings. The summed E-state index contributed by atoms with van der Waals surface area (Å²) in [5.41, 5.74) is 0.829. The Bertz CT molecular complexity index is 1000. The highest BCUT2D eigenvalue weighted by Crippen LogP contribution is 2.22. The van der Waals surface area contributed by atoms with Gasteiger partial charge in [0.05, 0.1) is 18.4 Å². The Morgan fingerprint density at radius 1 is 1.35 bits per heavy atom. The molecular weight excluding hydrogens is 440 g/mol. The largest absolute Gasteiger partial charge is 0.390 e. The smallest absolute Gasteiger partial charge is 0.271 e. The summed E-state index contributed by atoms with van der Waals surface area (Å²) in [6, 6.07) is 2.69. The molecular formula is C20H26N4O5S2. The molecule has 3 unspecified atom stereocenters. The van der Waals surface area contributed by atoms with Crippen molar-refractivity contribution in [3.63, 3.8) is 0 Å². The van der Waals surface area contributed by atoms with Gasteiger partial charge in [0.25, 0.3) is 5.91 Å². The topological polar surface area (TPSA) is 133 Å². The number of amides is 1. The second-order valence-corrected chi connectivity index (χ2v) is 9.89. The van der Waals surface area contributed by atoms with Crippen LogP contribution in [0.1, 0.15) is 35.3 Å². The number of aliphatic hydroxyl groups excluding tert-OH is 2. The lowest BCUT2D eigenvalue weighted by molar-refractivity contribution is -0.00790. The summed E-state index contributed by atoms with van der Waals surface area (Å²) >= 11 is 1.01. The van der Waals surface area contributed by atoms with Crippen molar-refractivity contribution < 1.29 is 23.4 Å². The second-order valence-electron chi connectivity index (χ2n) is 7.04. The van der Waals surface area contributed by atoms with Crippen LogP contribution in [0.4, 0.5) is 5.13 Å². The zero-order chi connectivity index (χ0) is 23.0. The van der Waals surface area contributed by atoms with E-state index in [1.54, 1.807) is 24.5 Å². The van der Waals surface area contributed by atoms with Crippen LogP contribution in [0.3, 0.4) is 0 Å². The number of rotatable bonds is 11. The summed E-state index contributed by atoms with van der Waals surface area (Å²) in [5.74, 6) is 1.90. The molecule has 3 atom stereocenters. The van der Waals surface area contributed by atoms with Crippen molar-refractivity contribution in [3.05, 3.63) is 41.2 Å². The fourth-order valence-electron chi connectivity index (χ4n) is 2.78. The first-order valence-electron chi connectivity index (χ1n) is 9.52. The van der Waals surface area contributed by atoms with Crippen LogP contribution in [0.25, 0.3) is 0 Å². The first-order valence-corrected chi connectivity index (χ1v) is 12.2. The maximum atomic E-state index is 12.8. The molecule has 2 heterocycles. The highest BCUT2D eigenvalue weighted by molar-refractivity contribution is 7.92. The van der Waals surface area contributed by atoms with Crippen molar-refractivity contribution in [2.24, 2.45) is 0 Å². The van der Waals surface area contributed by atoms with Crippen LogP contribution in [0, 0.1) is 12.3 Å². The molecule has 31 heavy (non-hydrogen) atoms. The van der Waals surface area contributed by atoms with Crippen molar-refractivity contribution >= 4 is 32.4 Å². The van der Waals surface area contributed by atoms with E-state index in [2.05, 4.69) is 21.2 Å². The first-order chi connectivity index (χ1) is 14.6. The molecule has 0 aromatic carbocycles. The van der Waals surface area contributed by atoms with Crippen LogP contribution in [0.15, 0.2) is 29.9 Å². The molecule has 11 heteroatoms. The molecule has 0 saturated carbocycles. The number of nitrogens with zero attached hydrogens (tertiary/aromatic N) is 3. The minimum Gasteiger partial charge on any atom is -0.390 e. The van der Waals surface area contributed by atoms with Gasteiger partial charge in [-0.05, 0) is 37.0 Å². The van der Waals surface area contributed by atoms with E-state index in [9.17, 15) is 23.4 Å². The number of carbonyl (C=O) groups is 1. The molecule has 0 spiro atoms. The third-order valence-electron chi connectivity index (χ3n) is 4.64. The van der Waals surface area contributed by atoms with Crippen LogP contribution in [0.5, 0.6) is 0 Å². The van der Waals surface area contributed by atoms with E-state index < -0.39 is 34.2 Å². The summed E-state index contributed by atoms with van der Waals surface area (Å²) in [5, 5.41) is 25.4. The average Bonchev–Trinajstić information content (AvgIpc) is 3.22. The van der Waals surface area contributed by atoms with Gasteiger partial charge in [-0.2, -0.15) is 0 Å². The van der Waals surface area contributed by atoms with Crippen molar-refractivity contribution in [1.29, 1.82) is 0 Å². The summed E-state index contributed by atoms with van der Waals surface area (Å²) in [6.45, 7) is 0. The number of sulfonamides is 1. The van der Waals surface area contributed by atoms with E-state index in [4.69, 9.17) is 6.42 Å². The Kier molecular flexibility index (Phi) is 8.94. The SMILES string of the molecule is C#CCCCC(O)C(O)C(Cc1ccncc1)NC(=O)c1csc(N(C)S(C)(=O)=O)n1. The van der Waals surface area contributed by atoms with Crippen LogP contribution < -0.4 is 9.62 Å². The van der Waals surface area contributed by atoms with E-state index in [1.165, 1.54) is 12.4 Å². The zero-order valence-electron chi connectivity index (χ0n) is 17.3. The fourth-order valence-corrected chi connectivity index (χ4v) is 4.32.